The highest BCUT2D eigenvalue weighted by molar-refractivity contribution is 6.04. The fourth-order valence-corrected chi connectivity index (χ4v) is 2.49. The lowest BCUT2D eigenvalue weighted by atomic mass is 10.0. The molecule has 128 valence electrons. The number of carbonyl (C=O) groups is 1. The summed E-state index contributed by atoms with van der Waals surface area (Å²) >= 11 is 0. The van der Waals surface area contributed by atoms with Gasteiger partial charge in [-0.1, -0.05) is 0 Å². The van der Waals surface area contributed by atoms with Crippen molar-refractivity contribution in [3.8, 4) is 17.0 Å². The Kier molecular flexibility index (Phi) is 4.08. The molecule has 0 aliphatic heterocycles. The highest BCUT2D eigenvalue weighted by Crippen LogP contribution is 2.33. The zero-order chi connectivity index (χ0) is 18.2. The molecule has 7 heteroatoms. The largest absolute Gasteiger partial charge is 0.497 e. The van der Waals surface area contributed by atoms with Crippen LogP contribution >= 0.6 is 0 Å². The van der Waals surface area contributed by atoms with Crippen LogP contribution in [0.15, 0.2) is 48.5 Å². The average molecular weight is 347 g/mol. The Bertz CT molecular complexity index is 950. The Labute approximate surface area is 140 Å². The maximum atomic E-state index is 12.9. The maximum absolute atomic E-state index is 12.9. The second-order valence-corrected chi connectivity index (χ2v) is 5.32. The zero-order valence-electron chi connectivity index (χ0n) is 13.0. The summed E-state index contributed by atoms with van der Waals surface area (Å²) in [5.74, 6) is -0.695. The second kappa shape index (κ2) is 6.08. The first-order chi connectivity index (χ1) is 11.8. The Morgan fingerprint density at radius 3 is 2.32 bits per heavy atom. The van der Waals surface area contributed by atoms with E-state index in [4.69, 9.17) is 4.74 Å². The van der Waals surface area contributed by atoms with Crippen molar-refractivity contribution in [2.24, 2.45) is 0 Å². The van der Waals surface area contributed by atoms with Gasteiger partial charge in [-0.25, -0.2) is 9.78 Å². The molecule has 0 radical (unpaired) electrons. The lowest BCUT2D eigenvalue weighted by molar-refractivity contribution is -0.137. The predicted octanol–water partition coefficient (Wildman–Crippen LogP) is 4.63. The first-order valence-corrected chi connectivity index (χ1v) is 7.19. The van der Waals surface area contributed by atoms with E-state index in [1.807, 2.05) is 0 Å². The van der Waals surface area contributed by atoms with Gasteiger partial charge in [0, 0.05) is 10.9 Å². The number of fused-ring (bicyclic) bond motifs is 1. The number of benzene rings is 2. The van der Waals surface area contributed by atoms with E-state index in [1.165, 1.54) is 19.2 Å². The van der Waals surface area contributed by atoms with Crippen LogP contribution in [0.4, 0.5) is 13.2 Å². The molecule has 3 aromatic rings. The van der Waals surface area contributed by atoms with Crippen LogP contribution < -0.4 is 4.74 Å². The third-order valence-electron chi connectivity index (χ3n) is 3.75. The minimum absolute atomic E-state index is 0.0559. The third kappa shape index (κ3) is 3.26. The summed E-state index contributed by atoms with van der Waals surface area (Å²) in [5.41, 5.74) is 0.0135. The molecule has 0 amide bonds. The Morgan fingerprint density at radius 2 is 1.76 bits per heavy atom. The van der Waals surface area contributed by atoms with Gasteiger partial charge < -0.3 is 9.84 Å². The number of halogens is 3. The van der Waals surface area contributed by atoms with Gasteiger partial charge in [-0.3, -0.25) is 0 Å². The highest BCUT2D eigenvalue weighted by atomic mass is 19.4. The van der Waals surface area contributed by atoms with Gasteiger partial charge in [0.1, 0.15) is 5.75 Å². The van der Waals surface area contributed by atoms with E-state index in [2.05, 4.69) is 4.98 Å². The molecule has 0 fully saturated rings. The molecule has 3 rings (SSSR count). The molecule has 2 aromatic carbocycles. The SMILES string of the molecule is COc1ccc(-c2cc(C(=O)O)c3cc(C(F)(F)F)ccc3n2)cc1. The Balaban J connectivity index is 2.21. The quantitative estimate of drug-likeness (QED) is 0.751. The van der Waals surface area contributed by atoms with Crippen molar-refractivity contribution in [2.45, 2.75) is 6.18 Å². The van der Waals surface area contributed by atoms with E-state index >= 15 is 0 Å². The number of ether oxygens (including phenoxy) is 1. The van der Waals surface area contributed by atoms with Gasteiger partial charge >= 0.3 is 12.1 Å². The summed E-state index contributed by atoms with van der Waals surface area (Å²) in [5, 5.41) is 9.35. The molecular weight excluding hydrogens is 335 g/mol. The summed E-state index contributed by atoms with van der Waals surface area (Å²) in [4.78, 5) is 15.8. The first kappa shape index (κ1) is 16.8. The van der Waals surface area contributed by atoms with E-state index in [9.17, 15) is 23.1 Å². The molecule has 25 heavy (non-hydrogen) atoms. The number of carboxylic acids is 1. The minimum atomic E-state index is -4.56. The van der Waals surface area contributed by atoms with Crippen LogP contribution in [0.2, 0.25) is 0 Å². The van der Waals surface area contributed by atoms with Crippen molar-refractivity contribution in [3.05, 3.63) is 59.7 Å². The number of nitrogens with zero attached hydrogens (tertiary/aromatic N) is 1. The lowest BCUT2D eigenvalue weighted by Crippen LogP contribution is -2.06. The summed E-state index contributed by atoms with van der Waals surface area (Å²) in [7, 11) is 1.52. The number of aromatic carboxylic acids is 1. The van der Waals surface area contributed by atoms with Crippen molar-refractivity contribution in [2.75, 3.05) is 7.11 Å². The number of hydrogen-bond acceptors (Lipinski definition) is 3. The molecule has 1 N–H and O–H groups in total. The van der Waals surface area contributed by atoms with Crippen molar-refractivity contribution in [1.82, 2.24) is 4.98 Å². The smallest absolute Gasteiger partial charge is 0.416 e. The van der Waals surface area contributed by atoms with Crippen molar-refractivity contribution < 1.29 is 27.8 Å². The van der Waals surface area contributed by atoms with Crippen molar-refractivity contribution in [3.63, 3.8) is 0 Å². The molecule has 0 aliphatic carbocycles. The van der Waals surface area contributed by atoms with Crippen LogP contribution in [0, 0.1) is 0 Å². The average Bonchev–Trinajstić information content (AvgIpc) is 2.59. The van der Waals surface area contributed by atoms with Gasteiger partial charge in [0.15, 0.2) is 0 Å². The van der Waals surface area contributed by atoms with E-state index in [1.54, 1.807) is 24.3 Å². The second-order valence-electron chi connectivity index (χ2n) is 5.32. The molecule has 0 saturated heterocycles. The van der Waals surface area contributed by atoms with E-state index < -0.39 is 17.7 Å². The predicted molar refractivity (Wildman–Crippen MR) is 85.7 cm³/mol. The normalized spacial score (nSPS) is 11.5. The van der Waals surface area contributed by atoms with E-state index in [-0.39, 0.29) is 16.5 Å². The Morgan fingerprint density at radius 1 is 1.08 bits per heavy atom. The van der Waals surface area contributed by atoms with Crippen LogP contribution in [-0.2, 0) is 6.18 Å². The lowest BCUT2D eigenvalue weighted by Gasteiger charge is -2.11. The number of methoxy groups -OCH3 is 1. The summed E-state index contributed by atoms with van der Waals surface area (Å²) in [6.45, 7) is 0. The van der Waals surface area contributed by atoms with Crippen molar-refractivity contribution >= 4 is 16.9 Å². The van der Waals surface area contributed by atoms with Gasteiger partial charge in [-0.2, -0.15) is 13.2 Å². The maximum Gasteiger partial charge on any atom is 0.416 e. The van der Waals surface area contributed by atoms with Crippen LogP contribution in [0.5, 0.6) is 5.75 Å². The van der Waals surface area contributed by atoms with Crippen LogP contribution in [0.3, 0.4) is 0 Å². The molecule has 0 aliphatic rings. The summed E-state index contributed by atoms with van der Waals surface area (Å²) in [6, 6.07) is 10.9. The number of rotatable bonds is 3. The van der Waals surface area contributed by atoms with Crippen LogP contribution in [-0.4, -0.2) is 23.2 Å². The van der Waals surface area contributed by atoms with Gasteiger partial charge in [0.25, 0.3) is 0 Å². The number of pyridine rings is 1. The first-order valence-electron chi connectivity index (χ1n) is 7.19. The minimum Gasteiger partial charge on any atom is -0.497 e. The molecule has 1 heterocycles. The van der Waals surface area contributed by atoms with Crippen molar-refractivity contribution in [1.29, 1.82) is 0 Å². The standard InChI is InChI=1S/C18H12F3NO3/c1-25-12-5-2-10(3-6-12)16-9-14(17(23)24)13-8-11(18(19,20)21)4-7-15(13)22-16/h2-9H,1H3,(H,23,24). The zero-order valence-corrected chi connectivity index (χ0v) is 13.0. The Hall–Kier alpha value is -3.09. The van der Waals surface area contributed by atoms with Crippen LogP contribution in [0.25, 0.3) is 22.2 Å². The third-order valence-corrected chi connectivity index (χ3v) is 3.75. The van der Waals surface area contributed by atoms with Gasteiger partial charge in [0.05, 0.1) is 29.4 Å². The molecule has 0 saturated carbocycles. The number of carboxylic acid groups (broad SMARTS) is 1. The van der Waals surface area contributed by atoms with Crippen LogP contribution in [0.1, 0.15) is 15.9 Å². The summed E-state index contributed by atoms with van der Waals surface area (Å²) < 4.78 is 43.7. The van der Waals surface area contributed by atoms with E-state index in [0.717, 1.165) is 12.1 Å². The molecule has 4 nitrogen and oxygen atoms in total. The number of aromatic nitrogens is 1. The highest BCUT2D eigenvalue weighted by Gasteiger charge is 2.31. The molecule has 0 spiro atoms. The van der Waals surface area contributed by atoms with Gasteiger partial charge in [0.2, 0.25) is 0 Å². The van der Waals surface area contributed by atoms with Gasteiger partial charge in [-0.15, -0.1) is 0 Å². The molecule has 1 aromatic heterocycles. The molecular formula is C18H12F3NO3. The monoisotopic (exact) mass is 347 g/mol. The molecule has 0 atom stereocenters. The van der Waals surface area contributed by atoms with Gasteiger partial charge in [-0.05, 0) is 48.5 Å². The fourth-order valence-electron chi connectivity index (χ4n) is 2.49. The number of alkyl halides is 3. The molecule has 0 unspecified atom stereocenters. The molecule has 0 bridgehead atoms. The topological polar surface area (TPSA) is 59.4 Å². The summed E-state index contributed by atoms with van der Waals surface area (Å²) in [6.07, 6.45) is -4.56. The number of hydrogen-bond donors (Lipinski definition) is 1. The van der Waals surface area contributed by atoms with E-state index in [0.29, 0.717) is 17.0 Å². The fraction of sp³-hybridized carbons (Fsp3) is 0.111.